The monoisotopic (exact) mass is 459 g/mol. The molecule has 32 heavy (non-hydrogen) atoms. The third kappa shape index (κ3) is 4.91. The number of rotatable bonds is 9. The van der Waals surface area contributed by atoms with Crippen molar-refractivity contribution in [2.24, 2.45) is 0 Å². The maximum Gasteiger partial charge on any atom is 0.377 e. The van der Waals surface area contributed by atoms with Crippen molar-refractivity contribution in [3.05, 3.63) is 81.8 Å². The molecule has 0 aliphatic carbocycles. The van der Waals surface area contributed by atoms with Gasteiger partial charge in [0, 0.05) is 18.7 Å². The van der Waals surface area contributed by atoms with Gasteiger partial charge < -0.3 is 13.9 Å². The summed E-state index contributed by atoms with van der Waals surface area (Å²) in [7, 11) is -3.83. The van der Waals surface area contributed by atoms with E-state index >= 15 is 0 Å². The predicted octanol–water partition coefficient (Wildman–Crippen LogP) is 5.53. The minimum Gasteiger partial charge on any atom is -0.313 e. The van der Waals surface area contributed by atoms with Crippen LogP contribution in [0.15, 0.2) is 66.1 Å². The molecule has 0 bridgehead atoms. The summed E-state index contributed by atoms with van der Waals surface area (Å²) in [5.74, 6) is 0. The van der Waals surface area contributed by atoms with E-state index in [4.69, 9.17) is 9.05 Å². The molecule has 9 nitrogen and oxygen atoms in total. The molecule has 0 spiro atoms. The second kappa shape index (κ2) is 10.1. The maximum atomic E-state index is 13.7. The molecule has 0 radical (unpaired) electrons. The fourth-order valence-electron chi connectivity index (χ4n) is 3.46. The largest absolute Gasteiger partial charge is 0.377 e. The Kier molecular flexibility index (Phi) is 7.45. The molecule has 1 unspecified atom stereocenters. The molecule has 10 heteroatoms. The Morgan fingerprint density at radius 1 is 1.03 bits per heavy atom. The van der Waals surface area contributed by atoms with E-state index in [2.05, 4.69) is 0 Å². The second-order valence-electron chi connectivity index (χ2n) is 7.10. The Labute approximate surface area is 186 Å². The first-order valence-corrected chi connectivity index (χ1v) is 11.9. The Balaban J connectivity index is 2.09. The third-order valence-electron chi connectivity index (χ3n) is 4.94. The van der Waals surface area contributed by atoms with Crippen LogP contribution in [0.5, 0.6) is 0 Å². The normalized spacial score (nSPS) is 16.8. The van der Waals surface area contributed by atoms with Crippen LogP contribution in [0.1, 0.15) is 26.3 Å². The molecule has 170 valence electrons. The average molecular weight is 459 g/mol. The predicted molar refractivity (Wildman–Crippen MR) is 121 cm³/mol. The molecule has 0 N–H and O–H groups in total. The summed E-state index contributed by atoms with van der Waals surface area (Å²) in [6.07, 6.45) is 1.69. The SMILES string of the molecule is CCOP(=O)(OCC)C1=CC(C)N(Cc2ccccc2)C(=O)N1c1ccc([N+](=O)[O-])cc1. The Hall–Kier alpha value is -3.00. The van der Waals surface area contributed by atoms with Crippen LogP contribution in [-0.4, -0.2) is 35.1 Å². The van der Waals surface area contributed by atoms with Crippen molar-refractivity contribution in [3.63, 3.8) is 0 Å². The number of anilines is 1. The molecule has 1 atom stereocenters. The molecule has 0 aromatic heterocycles. The van der Waals surface area contributed by atoms with Crippen molar-refractivity contribution in [1.82, 2.24) is 4.90 Å². The number of hydrogen-bond donors (Lipinski definition) is 0. The molecule has 1 aliphatic rings. The Morgan fingerprint density at radius 2 is 1.62 bits per heavy atom. The lowest BCUT2D eigenvalue weighted by Crippen LogP contribution is -2.50. The van der Waals surface area contributed by atoms with Crippen molar-refractivity contribution in [2.75, 3.05) is 18.1 Å². The summed E-state index contributed by atoms with van der Waals surface area (Å²) in [6, 6.07) is 14.2. The third-order valence-corrected chi connectivity index (χ3v) is 7.05. The first kappa shape index (κ1) is 23.7. The summed E-state index contributed by atoms with van der Waals surface area (Å²) >= 11 is 0. The van der Waals surface area contributed by atoms with Gasteiger partial charge in [0.2, 0.25) is 0 Å². The lowest BCUT2D eigenvalue weighted by atomic mass is 10.1. The van der Waals surface area contributed by atoms with E-state index in [0.717, 1.165) is 5.56 Å². The first-order valence-electron chi connectivity index (χ1n) is 10.3. The summed E-state index contributed by atoms with van der Waals surface area (Å²) in [4.78, 5) is 27.1. The smallest absolute Gasteiger partial charge is 0.313 e. The van der Waals surface area contributed by atoms with Crippen molar-refractivity contribution in [3.8, 4) is 0 Å². The van der Waals surface area contributed by atoms with Gasteiger partial charge in [-0.3, -0.25) is 19.6 Å². The molecule has 1 heterocycles. The van der Waals surface area contributed by atoms with E-state index in [1.54, 1.807) is 24.8 Å². The highest BCUT2D eigenvalue weighted by Gasteiger charge is 2.43. The number of urea groups is 1. The number of nitro benzene ring substituents is 1. The fourth-order valence-corrected chi connectivity index (χ4v) is 5.33. The van der Waals surface area contributed by atoms with E-state index in [1.165, 1.54) is 29.2 Å². The number of carbonyl (C=O) groups excluding carboxylic acids is 1. The van der Waals surface area contributed by atoms with Crippen LogP contribution in [0.2, 0.25) is 0 Å². The van der Waals surface area contributed by atoms with Crippen molar-refractivity contribution in [1.29, 1.82) is 0 Å². The van der Waals surface area contributed by atoms with Crippen LogP contribution in [0.4, 0.5) is 16.2 Å². The molecule has 3 rings (SSSR count). The van der Waals surface area contributed by atoms with Gasteiger partial charge in [0.05, 0.1) is 29.9 Å². The number of nitrogens with zero attached hydrogens (tertiary/aromatic N) is 3. The number of nitro groups is 1. The molecular weight excluding hydrogens is 433 g/mol. The standard InChI is InChI=1S/C22H26N3O6P/c1-4-30-32(29,31-5-2)21-15-17(3)23(16-18-9-7-6-8-10-18)22(26)24(21)19-11-13-20(14-12-19)25(27)28/h6-15,17H,4-5,16H2,1-3H3. The van der Waals surface area contributed by atoms with Crippen LogP contribution in [0.25, 0.3) is 0 Å². The van der Waals surface area contributed by atoms with Gasteiger partial charge in [0.15, 0.2) is 0 Å². The fraction of sp³-hybridized carbons (Fsp3) is 0.318. The van der Waals surface area contributed by atoms with Gasteiger partial charge in [-0.05, 0) is 44.5 Å². The maximum absolute atomic E-state index is 13.7. The van der Waals surface area contributed by atoms with Crippen molar-refractivity contribution >= 4 is 25.0 Å². The van der Waals surface area contributed by atoms with Crippen LogP contribution in [-0.2, 0) is 20.2 Å². The molecule has 0 saturated heterocycles. The van der Waals surface area contributed by atoms with E-state index in [0.29, 0.717) is 12.2 Å². The molecule has 1 aliphatic heterocycles. The second-order valence-corrected chi connectivity index (χ2v) is 9.07. The molecule has 0 fully saturated rings. The van der Waals surface area contributed by atoms with Crippen molar-refractivity contribution in [2.45, 2.75) is 33.4 Å². The van der Waals surface area contributed by atoms with Gasteiger partial charge in [-0.1, -0.05) is 30.3 Å². The molecular formula is C22H26N3O6P. The van der Waals surface area contributed by atoms with E-state index in [1.807, 2.05) is 37.3 Å². The summed E-state index contributed by atoms with van der Waals surface area (Å²) < 4.78 is 24.7. The van der Waals surface area contributed by atoms with Crippen LogP contribution < -0.4 is 4.90 Å². The van der Waals surface area contributed by atoms with E-state index in [-0.39, 0.29) is 30.4 Å². The number of benzene rings is 2. The van der Waals surface area contributed by atoms with Gasteiger partial charge >= 0.3 is 13.6 Å². The summed E-state index contributed by atoms with van der Waals surface area (Å²) in [5, 5.41) is 11.1. The minimum atomic E-state index is -3.83. The Bertz CT molecular complexity index is 1030. The lowest BCUT2D eigenvalue weighted by Gasteiger charge is -2.40. The number of amides is 2. The molecule has 2 aromatic carbocycles. The number of non-ortho nitro benzene ring substituents is 1. The average Bonchev–Trinajstić information content (AvgIpc) is 2.77. The van der Waals surface area contributed by atoms with E-state index in [9.17, 15) is 19.5 Å². The topological polar surface area (TPSA) is 102 Å². The zero-order valence-corrected chi connectivity index (χ0v) is 19.1. The highest BCUT2D eigenvalue weighted by molar-refractivity contribution is 7.58. The zero-order valence-electron chi connectivity index (χ0n) is 18.2. The summed E-state index contributed by atoms with van der Waals surface area (Å²) in [6.45, 7) is 5.80. The van der Waals surface area contributed by atoms with Crippen LogP contribution in [0.3, 0.4) is 0 Å². The quantitative estimate of drug-likeness (QED) is 0.277. The van der Waals surface area contributed by atoms with Gasteiger partial charge in [-0.2, -0.15) is 0 Å². The summed E-state index contributed by atoms with van der Waals surface area (Å²) in [5.41, 5.74) is 1.26. The highest BCUT2D eigenvalue weighted by atomic mass is 31.2. The van der Waals surface area contributed by atoms with E-state index < -0.39 is 18.6 Å². The molecule has 0 saturated carbocycles. The Morgan fingerprint density at radius 3 is 2.16 bits per heavy atom. The van der Waals surface area contributed by atoms with Gasteiger partial charge in [0.25, 0.3) is 5.69 Å². The number of carbonyl (C=O) groups is 1. The lowest BCUT2D eigenvalue weighted by molar-refractivity contribution is -0.384. The zero-order chi connectivity index (χ0) is 23.3. The highest BCUT2D eigenvalue weighted by Crippen LogP contribution is 2.59. The molecule has 2 amide bonds. The van der Waals surface area contributed by atoms with Gasteiger partial charge in [-0.25, -0.2) is 4.79 Å². The number of hydrogen-bond acceptors (Lipinski definition) is 6. The minimum absolute atomic E-state index is 0.108. The van der Waals surface area contributed by atoms with Gasteiger partial charge in [0.1, 0.15) is 5.44 Å². The van der Waals surface area contributed by atoms with Crippen molar-refractivity contribution < 1.29 is 23.3 Å². The molecule has 2 aromatic rings. The van der Waals surface area contributed by atoms with Crippen LogP contribution in [0, 0.1) is 10.1 Å². The first-order chi connectivity index (χ1) is 15.3. The van der Waals surface area contributed by atoms with Gasteiger partial charge in [-0.15, -0.1) is 0 Å². The van der Waals surface area contributed by atoms with Crippen LogP contribution >= 0.6 is 7.60 Å².